The summed E-state index contributed by atoms with van der Waals surface area (Å²) in [4.78, 5) is 39.5. The number of anilines is 2. The molecule has 1 aromatic carbocycles. The predicted octanol–water partition coefficient (Wildman–Crippen LogP) is 3.46. The fraction of sp³-hybridized carbons (Fsp3) is 0.552. The van der Waals surface area contributed by atoms with E-state index in [0.717, 1.165) is 101 Å². The van der Waals surface area contributed by atoms with Crippen LogP contribution in [0.1, 0.15) is 31.2 Å². The van der Waals surface area contributed by atoms with Crippen LogP contribution >= 0.6 is 0 Å². The summed E-state index contributed by atoms with van der Waals surface area (Å²) in [5.74, 6) is 2.15. The molecule has 4 heterocycles. The Morgan fingerprint density at radius 2 is 1.74 bits per heavy atom. The smallest absolute Gasteiger partial charge is 0.321 e. The number of aromatic nitrogens is 1. The highest BCUT2D eigenvalue weighted by Gasteiger charge is 2.35. The predicted molar refractivity (Wildman–Crippen MR) is 149 cm³/mol. The van der Waals surface area contributed by atoms with Crippen molar-refractivity contribution in [1.82, 2.24) is 19.7 Å². The van der Waals surface area contributed by atoms with Gasteiger partial charge in [-0.05, 0) is 75.0 Å². The fourth-order valence-corrected chi connectivity index (χ4v) is 6.03. The minimum absolute atomic E-state index is 0.0479. The van der Waals surface area contributed by atoms with Crippen molar-refractivity contribution in [3.8, 4) is 5.75 Å². The van der Waals surface area contributed by atoms with Gasteiger partial charge in [-0.25, -0.2) is 9.78 Å². The Morgan fingerprint density at radius 3 is 2.42 bits per heavy atom. The Hall–Kier alpha value is -3.33. The molecule has 3 amide bonds. The molecule has 2 aromatic rings. The summed E-state index contributed by atoms with van der Waals surface area (Å²) in [5, 5.41) is 3.06. The highest BCUT2D eigenvalue weighted by Crippen LogP contribution is 2.27. The molecule has 9 nitrogen and oxygen atoms in total. The van der Waals surface area contributed by atoms with Crippen LogP contribution in [0.3, 0.4) is 0 Å². The summed E-state index contributed by atoms with van der Waals surface area (Å²) < 4.78 is 5.26. The Balaban J connectivity index is 1.08. The lowest BCUT2D eigenvalue weighted by Crippen LogP contribution is -2.55. The van der Waals surface area contributed by atoms with Crippen LogP contribution in [0.4, 0.5) is 16.3 Å². The van der Waals surface area contributed by atoms with Crippen molar-refractivity contribution >= 4 is 23.4 Å². The summed E-state index contributed by atoms with van der Waals surface area (Å²) in [7, 11) is 1.64. The minimum Gasteiger partial charge on any atom is -0.497 e. The number of piperidine rings is 2. The number of aryl methyl sites for hydroxylation is 1. The van der Waals surface area contributed by atoms with E-state index in [9.17, 15) is 9.59 Å². The van der Waals surface area contributed by atoms with Crippen LogP contribution in [-0.2, 0) is 4.79 Å². The third-order valence-corrected chi connectivity index (χ3v) is 8.31. The van der Waals surface area contributed by atoms with E-state index >= 15 is 0 Å². The molecule has 0 spiro atoms. The van der Waals surface area contributed by atoms with Crippen LogP contribution in [0.15, 0.2) is 42.6 Å². The lowest BCUT2D eigenvalue weighted by atomic mass is 9.92. The van der Waals surface area contributed by atoms with Crippen molar-refractivity contribution in [3.63, 3.8) is 0 Å². The number of amides is 3. The largest absolute Gasteiger partial charge is 0.497 e. The third kappa shape index (κ3) is 6.04. The Bertz CT molecular complexity index is 1100. The van der Waals surface area contributed by atoms with E-state index in [0.29, 0.717) is 11.9 Å². The van der Waals surface area contributed by atoms with Gasteiger partial charge >= 0.3 is 6.03 Å². The Morgan fingerprint density at radius 1 is 0.947 bits per heavy atom. The van der Waals surface area contributed by atoms with Crippen LogP contribution in [-0.4, -0.2) is 97.1 Å². The maximum Gasteiger partial charge on any atom is 0.321 e. The van der Waals surface area contributed by atoms with Crippen molar-refractivity contribution < 1.29 is 14.3 Å². The molecule has 9 heteroatoms. The maximum absolute atomic E-state index is 13.4. The number of carbonyl (C=O) groups excluding carboxylic acids is 2. The average Bonchev–Trinajstić information content (AvgIpc) is 2.98. The second-order valence-corrected chi connectivity index (χ2v) is 10.7. The lowest BCUT2D eigenvalue weighted by Gasteiger charge is -2.43. The molecule has 0 bridgehead atoms. The zero-order valence-electron chi connectivity index (χ0n) is 22.6. The summed E-state index contributed by atoms with van der Waals surface area (Å²) in [5.41, 5.74) is 1.80. The van der Waals surface area contributed by atoms with Crippen molar-refractivity contribution in [2.24, 2.45) is 5.92 Å². The molecular weight excluding hydrogens is 480 g/mol. The second-order valence-electron chi connectivity index (χ2n) is 10.7. The first-order valence-electron chi connectivity index (χ1n) is 13.9. The quantitative estimate of drug-likeness (QED) is 0.651. The number of hydrogen-bond donors (Lipinski definition) is 1. The molecule has 0 saturated carbocycles. The topological polar surface area (TPSA) is 81.2 Å². The van der Waals surface area contributed by atoms with Gasteiger partial charge in [0.15, 0.2) is 0 Å². The number of nitrogens with one attached hydrogen (secondary N) is 1. The van der Waals surface area contributed by atoms with Crippen LogP contribution in [0, 0.1) is 12.8 Å². The van der Waals surface area contributed by atoms with Gasteiger partial charge in [-0.2, -0.15) is 0 Å². The van der Waals surface area contributed by atoms with Crippen molar-refractivity contribution in [2.75, 3.05) is 69.7 Å². The number of nitrogens with zero attached hydrogens (tertiary/aromatic N) is 5. The van der Waals surface area contributed by atoms with Gasteiger partial charge in [0.1, 0.15) is 11.6 Å². The van der Waals surface area contributed by atoms with E-state index in [4.69, 9.17) is 4.74 Å². The molecule has 204 valence electrons. The summed E-state index contributed by atoms with van der Waals surface area (Å²) >= 11 is 0. The van der Waals surface area contributed by atoms with Gasteiger partial charge in [-0.15, -0.1) is 0 Å². The van der Waals surface area contributed by atoms with Crippen LogP contribution in [0.5, 0.6) is 5.75 Å². The Labute approximate surface area is 225 Å². The number of piperazine rings is 1. The number of likely N-dealkylation sites (tertiary alicyclic amines) is 2. The van der Waals surface area contributed by atoms with Gasteiger partial charge in [0, 0.05) is 63.7 Å². The van der Waals surface area contributed by atoms with Crippen molar-refractivity contribution in [3.05, 3.63) is 48.2 Å². The Kier molecular flexibility index (Phi) is 8.32. The van der Waals surface area contributed by atoms with Crippen LogP contribution in [0.2, 0.25) is 0 Å². The van der Waals surface area contributed by atoms with E-state index in [-0.39, 0.29) is 11.9 Å². The van der Waals surface area contributed by atoms with Crippen LogP contribution in [0.25, 0.3) is 0 Å². The zero-order chi connectivity index (χ0) is 26.5. The molecule has 1 N–H and O–H groups in total. The average molecular weight is 521 g/mol. The molecule has 3 aliphatic rings. The lowest BCUT2D eigenvalue weighted by molar-refractivity contribution is -0.138. The number of pyridine rings is 1. The normalized spacial score (nSPS) is 21.3. The molecule has 1 atom stereocenters. The highest BCUT2D eigenvalue weighted by atomic mass is 16.5. The second kappa shape index (κ2) is 12.0. The van der Waals surface area contributed by atoms with Gasteiger partial charge in [0.05, 0.1) is 13.0 Å². The molecule has 0 radical (unpaired) electrons. The number of rotatable bonds is 5. The van der Waals surface area contributed by atoms with Gasteiger partial charge in [0.2, 0.25) is 5.91 Å². The molecule has 1 aromatic heterocycles. The molecule has 3 fully saturated rings. The van der Waals surface area contributed by atoms with Gasteiger partial charge in [-0.1, -0.05) is 6.07 Å². The summed E-state index contributed by atoms with van der Waals surface area (Å²) in [6, 6.07) is 12.0. The maximum atomic E-state index is 13.4. The summed E-state index contributed by atoms with van der Waals surface area (Å²) in [6.45, 7) is 8.48. The molecule has 5 rings (SSSR count). The van der Waals surface area contributed by atoms with Crippen molar-refractivity contribution in [2.45, 2.75) is 38.6 Å². The number of carbonyl (C=O) groups is 2. The fourth-order valence-electron chi connectivity index (χ4n) is 6.03. The first-order chi connectivity index (χ1) is 18.5. The number of urea groups is 1. The molecule has 38 heavy (non-hydrogen) atoms. The minimum atomic E-state index is -0.0479. The number of ether oxygens (including phenoxy) is 1. The van der Waals surface area contributed by atoms with Gasteiger partial charge < -0.3 is 24.8 Å². The standard InChI is InChI=1S/C29H40N6O3/c1-22-20-25(38-2)8-9-26(22)31-29(37)34-14-10-24(11-15-34)35-13-5-6-23(21-35)28(36)33-18-16-32(17-19-33)27-7-3-4-12-30-27/h3-4,7-9,12,20,23-24H,5-6,10-11,13-19,21H2,1-2H3,(H,31,37). The van der Waals surface area contributed by atoms with Crippen molar-refractivity contribution in [1.29, 1.82) is 0 Å². The molecule has 3 saturated heterocycles. The van der Waals surface area contributed by atoms with Crippen LogP contribution < -0.4 is 15.0 Å². The van der Waals surface area contributed by atoms with E-state index < -0.39 is 0 Å². The molecule has 1 unspecified atom stereocenters. The van der Waals surface area contributed by atoms with Gasteiger partial charge in [-0.3, -0.25) is 9.69 Å². The van der Waals surface area contributed by atoms with E-state index in [2.05, 4.69) is 25.0 Å². The monoisotopic (exact) mass is 520 g/mol. The number of methoxy groups -OCH3 is 1. The zero-order valence-corrected chi connectivity index (χ0v) is 22.6. The third-order valence-electron chi connectivity index (χ3n) is 8.31. The highest BCUT2D eigenvalue weighted by molar-refractivity contribution is 5.90. The molecular formula is C29H40N6O3. The number of hydrogen-bond acceptors (Lipinski definition) is 6. The number of benzene rings is 1. The SMILES string of the molecule is COc1ccc(NC(=O)N2CCC(N3CCCC(C(=O)N4CCN(c5ccccn5)CC4)C3)CC2)c(C)c1. The van der Waals surface area contributed by atoms with E-state index in [1.165, 1.54) is 0 Å². The first-order valence-corrected chi connectivity index (χ1v) is 13.9. The molecule has 0 aliphatic carbocycles. The van der Waals surface area contributed by atoms with E-state index in [1.807, 2.05) is 54.4 Å². The first kappa shape index (κ1) is 26.3. The summed E-state index contributed by atoms with van der Waals surface area (Å²) in [6.07, 6.45) is 5.74. The van der Waals surface area contributed by atoms with E-state index in [1.54, 1.807) is 7.11 Å². The molecule has 3 aliphatic heterocycles. The van der Waals surface area contributed by atoms with Gasteiger partial charge in [0.25, 0.3) is 0 Å².